The Balaban J connectivity index is 1.53. The van der Waals surface area contributed by atoms with Crippen LogP contribution in [0.15, 0.2) is 42.1 Å². The molecule has 0 bridgehead atoms. The minimum atomic E-state index is -0.400. The van der Waals surface area contributed by atoms with Crippen molar-refractivity contribution in [3.8, 4) is 0 Å². The highest BCUT2D eigenvalue weighted by atomic mass is 16.2. The maximum atomic E-state index is 12.3. The second-order valence-corrected chi connectivity index (χ2v) is 9.50. The number of rotatable bonds is 16. The quantitative estimate of drug-likeness (QED) is 0.304. The largest absolute Gasteiger partial charge is 0.352 e. The molecule has 1 fully saturated rings. The number of nitrogens with zero attached hydrogens (tertiary/aromatic N) is 1. The number of carbonyl (C=O) groups is 4. The molecule has 1 aromatic carbocycles. The van der Waals surface area contributed by atoms with Crippen LogP contribution in [-0.2, 0) is 25.6 Å². The highest BCUT2D eigenvalue weighted by molar-refractivity contribution is 5.88. The number of hydrogen-bond donors (Lipinski definition) is 3. The van der Waals surface area contributed by atoms with Crippen molar-refractivity contribution in [2.45, 2.75) is 84.1 Å². The summed E-state index contributed by atoms with van der Waals surface area (Å²) in [6.07, 6.45) is 10.2. The van der Waals surface area contributed by atoms with Gasteiger partial charge >= 0.3 is 0 Å². The molecule has 0 radical (unpaired) electrons. The number of unbranched alkanes of at least 4 members (excludes halogenated alkanes) is 2. The summed E-state index contributed by atoms with van der Waals surface area (Å²) in [7, 11) is 0. The molecule has 0 aliphatic heterocycles. The fraction of sp³-hybridized carbons (Fsp3) is 0.571. The maximum absolute atomic E-state index is 12.3. The molecule has 2 rings (SSSR count). The molecule has 8 heteroatoms. The van der Waals surface area contributed by atoms with Gasteiger partial charge in [-0.1, -0.05) is 49.2 Å². The predicted octanol–water partition coefficient (Wildman–Crippen LogP) is 3.22. The van der Waals surface area contributed by atoms with Gasteiger partial charge in [-0.05, 0) is 57.4 Å². The van der Waals surface area contributed by atoms with Crippen LogP contribution in [-0.4, -0.2) is 54.2 Å². The first-order valence-corrected chi connectivity index (χ1v) is 13.2. The lowest BCUT2D eigenvalue weighted by Gasteiger charge is -2.24. The molecule has 36 heavy (non-hydrogen) atoms. The van der Waals surface area contributed by atoms with E-state index in [0.717, 1.165) is 37.7 Å². The second-order valence-electron chi connectivity index (χ2n) is 9.50. The van der Waals surface area contributed by atoms with Gasteiger partial charge in [-0.2, -0.15) is 0 Å². The topological polar surface area (TPSA) is 108 Å². The van der Waals surface area contributed by atoms with Crippen LogP contribution in [0.3, 0.4) is 0 Å². The summed E-state index contributed by atoms with van der Waals surface area (Å²) in [4.78, 5) is 50.2. The predicted molar refractivity (Wildman–Crippen MR) is 141 cm³/mol. The monoisotopic (exact) mass is 498 g/mol. The highest BCUT2D eigenvalue weighted by Crippen LogP contribution is 2.26. The van der Waals surface area contributed by atoms with E-state index in [2.05, 4.69) is 16.0 Å². The van der Waals surface area contributed by atoms with Crippen LogP contribution in [0.25, 0.3) is 0 Å². The smallest absolute Gasteiger partial charge is 0.239 e. The maximum Gasteiger partial charge on any atom is 0.239 e. The lowest BCUT2D eigenvalue weighted by molar-refractivity contribution is -0.129. The minimum absolute atomic E-state index is 0.0526. The van der Waals surface area contributed by atoms with Gasteiger partial charge in [0.15, 0.2) is 0 Å². The van der Waals surface area contributed by atoms with Gasteiger partial charge in [-0.15, -0.1) is 0 Å². The zero-order valence-corrected chi connectivity index (χ0v) is 21.8. The lowest BCUT2D eigenvalue weighted by Crippen LogP contribution is -2.44. The zero-order chi connectivity index (χ0) is 26.2. The molecule has 198 valence electrons. The van der Waals surface area contributed by atoms with E-state index in [1.807, 2.05) is 55.3 Å². The van der Waals surface area contributed by atoms with Crippen molar-refractivity contribution in [3.05, 3.63) is 47.7 Å². The molecule has 8 nitrogen and oxygen atoms in total. The van der Waals surface area contributed by atoms with Crippen molar-refractivity contribution in [2.75, 3.05) is 19.6 Å². The molecule has 1 aromatic rings. The number of allylic oxidation sites excluding steroid dienone is 1. The van der Waals surface area contributed by atoms with E-state index < -0.39 is 5.91 Å². The summed E-state index contributed by atoms with van der Waals surface area (Å²) in [5.74, 6) is -0.692. The average molecular weight is 499 g/mol. The average Bonchev–Trinajstić information content (AvgIpc) is 2.82. The zero-order valence-electron chi connectivity index (χ0n) is 21.8. The number of nitrogens with one attached hydrogen (secondary N) is 3. The van der Waals surface area contributed by atoms with Gasteiger partial charge in [0.25, 0.3) is 0 Å². The standard InChI is InChI=1S/C28H42N4O4/c1-3-11-28(36)32(21-24-14-10-15-24)17-9-5-8-16-25(33)29-19-26(34)30-20-27(35)31-22(2)18-23-12-6-4-7-13-23/h4,6-7,12-13,21-22H,3,5,8-11,14-20H2,1-2H3,(H,29,33)(H,30,34)(H,31,35). The molecule has 0 spiro atoms. The molecule has 0 aromatic heterocycles. The lowest BCUT2D eigenvalue weighted by atomic mass is 9.93. The Morgan fingerprint density at radius 2 is 1.61 bits per heavy atom. The highest BCUT2D eigenvalue weighted by Gasteiger charge is 2.15. The van der Waals surface area contributed by atoms with Gasteiger partial charge in [0.05, 0.1) is 13.1 Å². The summed E-state index contributed by atoms with van der Waals surface area (Å²) in [5, 5.41) is 7.99. The fourth-order valence-corrected chi connectivity index (χ4v) is 3.95. The van der Waals surface area contributed by atoms with E-state index in [-0.39, 0.29) is 36.9 Å². The second kappa shape index (κ2) is 16.5. The van der Waals surface area contributed by atoms with Crippen molar-refractivity contribution in [1.29, 1.82) is 0 Å². The molecule has 1 aliphatic carbocycles. The fourth-order valence-electron chi connectivity index (χ4n) is 3.95. The summed E-state index contributed by atoms with van der Waals surface area (Å²) >= 11 is 0. The first-order chi connectivity index (χ1) is 17.4. The van der Waals surface area contributed by atoms with Gasteiger partial charge in [0.1, 0.15) is 0 Å². The minimum Gasteiger partial charge on any atom is -0.352 e. The van der Waals surface area contributed by atoms with Crippen molar-refractivity contribution >= 4 is 23.6 Å². The van der Waals surface area contributed by atoms with E-state index in [1.54, 1.807) is 0 Å². The molecular weight excluding hydrogens is 456 g/mol. The Kier molecular flexibility index (Phi) is 13.3. The van der Waals surface area contributed by atoms with Crippen molar-refractivity contribution in [2.24, 2.45) is 0 Å². The summed E-state index contributed by atoms with van der Waals surface area (Å²) in [5.41, 5.74) is 2.47. The normalized spacial score (nSPS) is 13.2. The number of carbonyl (C=O) groups excluding carboxylic acids is 4. The Hall–Kier alpha value is -3.16. The molecule has 1 saturated carbocycles. The van der Waals surface area contributed by atoms with Gasteiger partial charge in [-0.3, -0.25) is 19.2 Å². The Morgan fingerprint density at radius 1 is 0.917 bits per heavy atom. The number of hydrogen-bond acceptors (Lipinski definition) is 4. The third kappa shape index (κ3) is 12.0. The van der Waals surface area contributed by atoms with Crippen molar-refractivity contribution in [3.63, 3.8) is 0 Å². The van der Waals surface area contributed by atoms with Crippen LogP contribution in [0.1, 0.15) is 77.2 Å². The number of benzene rings is 1. The van der Waals surface area contributed by atoms with Gasteiger partial charge in [0.2, 0.25) is 23.6 Å². The van der Waals surface area contributed by atoms with Crippen LogP contribution in [0.4, 0.5) is 0 Å². The third-order valence-corrected chi connectivity index (χ3v) is 6.11. The van der Waals surface area contributed by atoms with E-state index in [1.165, 1.54) is 12.0 Å². The third-order valence-electron chi connectivity index (χ3n) is 6.11. The van der Waals surface area contributed by atoms with Crippen LogP contribution < -0.4 is 16.0 Å². The van der Waals surface area contributed by atoms with Crippen LogP contribution in [0, 0.1) is 0 Å². The summed E-state index contributed by atoms with van der Waals surface area (Å²) < 4.78 is 0. The van der Waals surface area contributed by atoms with Crippen molar-refractivity contribution < 1.29 is 19.2 Å². The molecule has 3 N–H and O–H groups in total. The first-order valence-electron chi connectivity index (χ1n) is 13.2. The Morgan fingerprint density at radius 3 is 2.28 bits per heavy atom. The molecule has 1 unspecified atom stereocenters. The van der Waals surface area contributed by atoms with E-state index >= 15 is 0 Å². The molecule has 4 amide bonds. The Labute approximate surface area is 215 Å². The van der Waals surface area contributed by atoms with Gasteiger partial charge in [0, 0.05) is 31.6 Å². The van der Waals surface area contributed by atoms with E-state index in [9.17, 15) is 19.2 Å². The number of amides is 4. The molecule has 1 aliphatic rings. The molecular formula is C28H42N4O4. The van der Waals surface area contributed by atoms with Gasteiger partial charge in [-0.25, -0.2) is 0 Å². The summed E-state index contributed by atoms with van der Waals surface area (Å²) in [6.45, 7) is 4.32. The molecule has 0 heterocycles. The van der Waals surface area contributed by atoms with E-state index in [4.69, 9.17) is 0 Å². The first kappa shape index (κ1) is 29.1. The SMILES string of the molecule is CCCC(=O)N(C=C1CCC1)CCCCCC(=O)NCC(=O)NCC(=O)NC(C)Cc1ccccc1. The summed E-state index contributed by atoms with van der Waals surface area (Å²) in [6, 6.07) is 9.81. The Bertz CT molecular complexity index is 879. The molecule has 0 saturated heterocycles. The van der Waals surface area contributed by atoms with Crippen LogP contribution in [0.5, 0.6) is 0 Å². The van der Waals surface area contributed by atoms with E-state index in [0.29, 0.717) is 32.2 Å². The van der Waals surface area contributed by atoms with Crippen LogP contribution >= 0.6 is 0 Å². The van der Waals surface area contributed by atoms with Crippen molar-refractivity contribution in [1.82, 2.24) is 20.9 Å². The van der Waals surface area contributed by atoms with Gasteiger partial charge < -0.3 is 20.9 Å². The van der Waals surface area contributed by atoms with Crippen LogP contribution in [0.2, 0.25) is 0 Å². The molecule has 1 atom stereocenters.